The number of aromatic carboxylic acids is 1. The lowest BCUT2D eigenvalue weighted by Gasteiger charge is -2.07. The van der Waals surface area contributed by atoms with Gasteiger partial charge in [0.15, 0.2) is 5.82 Å². The second-order valence-corrected chi connectivity index (χ2v) is 5.84. The summed E-state index contributed by atoms with van der Waals surface area (Å²) in [5.41, 5.74) is 0.0558. The van der Waals surface area contributed by atoms with Crippen molar-refractivity contribution in [2.45, 2.75) is 6.92 Å². The number of fused-ring (bicyclic) bond motifs is 1. The van der Waals surface area contributed by atoms with Gasteiger partial charge in [-0.25, -0.2) is 18.6 Å². The van der Waals surface area contributed by atoms with E-state index in [0.29, 0.717) is 11.8 Å². The average molecular weight is 305 g/mol. The number of thiophene rings is 1. The molecule has 106 valence electrons. The summed E-state index contributed by atoms with van der Waals surface area (Å²) in [5.74, 6) is -2.95. The first kappa shape index (κ1) is 13.6. The largest absolute Gasteiger partial charge is 0.478 e. The van der Waals surface area contributed by atoms with Crippen molar-refractivity contribution in [3.05, 3.63) is 52.4 Å². The van der Waals surface area contributed by atoms with Crippen LogP contribution in [0.15, 0.2) is 30.3 Å². The van der Waals surface area contributed by atoms with E-state index in [2.05, 4.69) is 4.98 Å². The summed E-state index contributed by atoms with van der Waals surface area (Å²) < 4.78 is 27.2. The molecule has 3 nitrogen and oxygen atoms in total. The van der Waals surface area contributed by atoms with Crippen LogP contribution in [0.25, 0.3) is 21.5 Å². The highest BCUT2D eigenvalue weighted by molar-refractivity contribution is 7.15. The fourth-order valence-electron chi connectivity index (χ4n) is 2.13. The predicted octanol–water partition coefficient (Wildman–Crippen LogP) is 4.25. The van der Waals surface area contributed by atoms with Crippen molar-refractivity contribution in [2.24, 2.45) is 0 Å². The van der Waals surface area contributed by atoms with E-state index in [1.807, 2.05) is 13.0 Å². The molecule has 3 aromatic rings. The molecule has 0 radical (unpaired) electrons. The van der Waals surface area contributed by atoms with Gasteiger partial charge in [0.1, 0.15) is 11.3 Å². The number of halogens is 2. The van der Waals surface area contributed by atoms with Gasteiger partial charge in [-0.05, 0) is 31.2 Å². The Bertz CT molecular complexity index is 873. The summed E-state index contributed by atoms with van der Waals surface area (Å²) in [7, 11) is 0. The van der Waals surface area contributed by atoms with E-state index in [-0.39, 0.29) is 16.5 Å². The highest BCUT2D eigenvalue weighted by Crippen LogP contribution is 2.31. The van der Waals surface area contributed by atoms with Crippen molar-refractivity contribution < 1.29 is 18.7 Å². The summed E-state index contributed by atoms with van der Waals surface area (Å²) in [6.07, 6.45) is 0. The van der Waals surface area contributed by atoms with Gasteiger partial charge in [0.05, 0.1) is 16.1 Å². The maximum atomic E-state index is 13.9. The number of benzene rings is 1. The van der Waals surface area contributed by atoms with Gasteiger partial charge < -0.3 is 5.11 Å². The quantitative estimate of drug-likeness (QED) is 0.770. The zero-order chi connectivity index (χ0) is 15.1. The Hall–Kier alpha value is -2.34. The molecule has 0 bridgehead atoms. The fraction of sp³-hybridized carbons (Fsp3) is 0.0667. The summed E-state index contributed by atoms with van der Waals surface area (Å²) >= 11 is 1.43. The topological polar surface area (TPSA) is 50.2 Å². The SMILES string of the molecule is Cc1ccc(-c2cc(C(=O)O)c3cc(F)cc(F)c3n2)s1. The highest BCUT2D eigenvalue weighted by atomic mass is 32.1. The van der Waals surface area contributed by atoms with Gasteiger partial charge in [0.25, 0.3) is 0 Å². The monoisotopic (exact) mass is 305 g/mol. The molecule has 1 N–H and O–H groups in total. The molecule has 0 amide bonds. The number of hydrogen-bond donors (Lipinski definition) is 1. The van der Waals surface area contributed by atoms with Crippen molar-refractivity contribution >= 4 is 28.2 Å². The standard InChI is InChI=1S/C15H9F2NO2S/c1-7-2-3-13(21-7)12-6-10(15(19)20)9-4-8(16)5-11(17)14(9)18-12/h2-6H,1H3,(H,19,20). The second-order valence-electron chi connectivity index (χ2n) is 4.55. The Kier molecular flexibility index (Phi) is 3.17. The van der Waals surface area contributed by atoms with Gasteiger partial charge >= 0.3 is 5.97 Å². The van der Waals surface area contributed by atoms with Crippen LogP contribution < -0.4 is 0 Å². The fourth-order valence-corrected chi connectivity index (χ4v) is 2.96. The number of carboxylic acids is 1. The van der Waals surface area contributed by atoms with Crippen LogP contribution in [0.5, 0.6) is 0 Å². The molecule has 0 spiro atoms. The summed E-state index contributed by atoms with van der Waals surface area (Å²) in [6.45, 7) is 1.91. The number of carbonyl (C=O) groups is 1. The average Bonchev–Trinajstić information content (AvgIpc) is 2.84. The smallest absolute Gasteiger partial charge is 0.336 e. The summed E-state index contributed by atoms with van der Waals surface area (Å²) in [6, 6.07) is 6.69. The van der Waals surface area contributed by atoms with Crippen LogP contribution in [0.2, 0.25) is 0 Å². The van der Waals surface area contributed by atoms with Crippen molar-refractivity contribution in [3.63, 3.8) is 0 Å². The van der Waals surface area contributed by atoms with Crippen LogP contribution in [-0.4, -0.2) is 16.1 Å². The third kappa shape index (κ3) is 2.38. The zero-order valence-corrected chi connectivity index (χ0v) is 11.7. The lowest BCUT2D eigenvalue weighted by atomic mass is 10.1. The highest BCUT2D eigenvalue weighted by Gasteiger charge is 2.17. The first-order chi connectivity index (χ1) is 9.95. The molecule has 0 saturated heterocycles. The van der Waals surface area contributed by atoms with E-state index in [1.54, 1.807) is 6.07 Å². The normalized spacial score (nSPS) is 11.0. The lowest BCUT2D eigenvalue weighted by molar-refractivity contribution is 0.0699. The van der Waals surface area contributed by atoms with Crippen LogP contribution in [0.4, 0.5) is 8.78 Å². The van der Waals surface area contributed by atoms with Crippen LogP contribution in [-0.2, 0) is 0 Å². The Morgan fingerprint density at radius 3 is 2.62 bits per heavy atom. The maximum Gasteiger partial charge on any atom is 0.336 e. The Labute approximate surface area is 122 Å². The molecule has 2 aromatic heterocycles. The van der Waals surface area contributed by atoms with Crippen LogP contribution in [0.3, 0.4) is 0 Å². The van der Waals surface area contributed by atoms with Crippen molar-refractivity contribution in [3.8, 4) is 10.6 Å². The van der Waals surface area contributed by atoms with Crippen LogP contribution in [0, 0.1) is 18.6 Å². The molecule has 0 fully saturated rings. The van der Waals surface area contributed by atoms with Crippen molar-refractivity contribution in [1.82, 2.24) is 4.98 Å². The first-order valence-corrected chi connectivity index (χ1v) is 6.87. The zero-order valence-electron chi connectivity index (χ0n) is 10.9. The number of rotatable bonds is 2. The molecule has 2 heterocycles. The predicted molar refractivity (Wildman–Crippen MR) is 76.7 cm³/mol. The second kappa shape index (κ2) is 4.89. The van der Waals surface area contributed by atoms with E-state index in [1.165, 1.54) is 17.4 Å². The lowest BCUT2D eigenvalue weighted by Crippen LogP contribution is -2.01. The summed E-state index contributed by atoms with van der Waals surface area (Å²) in [4.78, 5) is 17.3. The molecule has 0 unspecified atom stereocenters. The number of aromatic nitrogens is 1. The van der Waals surface area contributed by atoms with Gasteiger partial charge in [-0.3, -0.25) is 0 Å². The Morgan fingerprint density at radius 1 is 1.24 bits per heavy atom. The maximum absolute atomic E-state index is 13.9. The minimum atomic E-state index is -1.25. The number of hydrogen-bond acceptors (Lipinski definition) is 3. The van der Waals surface area contributed by atoms with Gasteiger partial charge in [-0.1, -0.05) is 0 Å². The van der Waals surface area contributed by atoms with E-state index < -0.39 is 17.6 Å². The first-order valence-electron chi connectivity index (χ1n) is 6.05. The van der Waals surface area contributed by atoms with E-state index in [4.69, 9.17) is 0 Å². The Balaban J connectivity index is 2.37. The molecule has 0 aliphatic rings. The molecular formula is C15H9F2NO2S. The molecular weight excluding hydrogens is 296 g/mol. The number of carboxylic acid groups (broad SMARTS) is 1. The number of pyridine rings is 1. The molecule has 3 rings (SSSR count). The number of nitrogens with zero attached hydrogens (tertiary/aromatic N) is 1. The molecule has 0 aliphatic carbocycles. The third-order valence-corrected chi connectivity index (χ3v) is 4.08. The molecule has 0 atom stereocenters. The minimum Gasteiger partial charge on any atom is -0.478 e. The Morgan fingerprint density at radius 2 is 2.00 bits per heavy atom. The van der Waals surface area contributed by atoms with E-state index in [0.717, 1.165) is 15.8 Å². The third-order valence-electron chi connectivity index (χ3n) is 3.05. The minimum absolute atomic E-state index is 0.0444. The molecule has 6 heteroatoms. The van der Waals surface area contributed by atoms with Crippen LogP contribution >= 0.6 is 11.3 Å². The molecule has 1 aromatic carbocycles. The van der Waals surface area contributed by atoms with Gasteiger partial charge in [0.2, 0.25) is 0 Å². The van der Waals surface area contributed by atoms with Gasteiger partial charge in [-0.2, -0.15) is 0 Å². The van der Waals surface area contributed by atoms with Crippen molar-refractivity contribution in [2.75, 3.05) is 0 Å². The van der Waals surface area contributed by atoms with Gasteiger partial charge in [-0.15, -0.1) is 11.3 Å². The van der Waals surface area contributed by atoms with E-state index in [9.17, 15) is 18.7 Å². The van der Waals surface area contributed by atoms with Crippen LogP contribution in [0.1, 0.15) is 15.2 Å². The molecule has 0 saturated carbocycles. The molecule has 0 aliphatic heterocycles. The summed E-state index contributed by atoms with van der Waals surface area (Å²) in [5, 5.41) is 9.23. The van der Waals surface area contributed by atoms with E-state index >= 15 is 0 Å². The van der Waals surface area contributed by atoms with Gasteiger partial charge in [0, 0.05) is 16.3 Å². The van der Waals surface area contributed by atoms with Crippen molar-refractivity contribution in [1.29, 1.82) is 0 Å². The number of aryl methyl sites for hydroxylation is 1. The molecule has 21 heavy (non-hydrogen) atoms.